The predicted octanol–water partition coefficient (Wildman–Crippen LogP) is 1.54. The summed E-state index contributed by atoms with van der Waals surface area (Å²) in [7, 11) is 1.85. The lowest BCUT2D eigenvalue weighted by Crippen LogP contribution is -2.40. The molecule has 1 aromatic carbocycles. The van der Waals surface area contributed by atoms with Crippen molar-refractivity contribution in [3.63, 3.8) is 0 Å². The highest BCUT2D eigenvalue weighted by atomic mass is 16.3. The van der Waals surface area contributed by atoms with E-state index in [1.54, 1.807) is 0 Å². The Morgan fingerprint density at radius 1 is 1.29 bits per heavy atom. The molecule has 14 heavy (non-hydrogen) atoms. The molecule has 0 amide bonds. The van der Waals surface area contributed by atoms with Crippen molar-refractivity contribution in [1.29, 1.82) is 0 Å². The van der Waals surface area contributed by atoms with Crippen LogP contribution in [0.4, 0.5) is 0 Å². The van der Waals surface area contributed by atoms with Crippen molar-refractivity contribution in [3.05, 3.63) is 35.9 Å². The van der Waals surface area contributed by atoms with Crippen LogP contribution >= 0.6 is 0 Å². The summed E-state index contributed by atoms with van der Waals surface area (Å²) in [6.45, 7) is 4.73. The van der Waals surface area contributed by atoms with E-state index in [-0.39, 0.29) is 11.5 Å². The number of hydrogen-bond acceptors (Lipinski definition) is 2. The molecule has 0 heterocycles. The average Bonchev–Trinajstić information content (AvgIpc) is 2.19. The minimum atomic E-state index is -0.366. The molecule has 2 heteroatoms. The number of aliphatic hydroxyl groups is 1. The van der Waals surface area contributed by atoms with Crippen molar-refractivity contribution >= 4 is 0 Å². The van der Waals surface area contributed by atoms with Crippen molar-refractivity contribution in [2.45, 2.75) is 25.4 Å². The molecule has 1 rings (SSSR count). The first-order chi connectivity index (χ1) is 6.59. The lowest BCUT2D eigenvalue weighted by atomic mass is 9.79. The Morgan fingerprint density at radius 3 is 2.36 bits per heavy atom. The summed E-state index contributed by atoms with van der Waals surface area (Å²) < 4.78 is 0. The molecule has 2 nitrogen and oxygen atoms in total. The van der Waals surface area contributed by atoms with E-state index in [1.807, 2.05) is 25.2 Å². The largest absolute Gasteiger partial charge is 0.391 e. The minimum Gasteiger partial charge on any atom is -0.391 e. The Morgan fingerprint density at radius 2 is 1.86 bits per heavy atom. The maximum absolute atomic E-state index is 9.97. The molecule has 0 saturated carbocycles. The van der Waals surface area contributed by atoms with Crippen LogP contribution in [0.3, 0.4) is 0 Å². The van der Waals surface area contributed by atoms with E-state index in [0.29, 0.717) is 6.54 Å². The third-order valence-corrected chi connectivity index (χ3v) is 2.75. The zero-order valence-electron chi connectivity index (χ0n) is 9.12. The molecular weight excluding hydrogens is 174 g/mol. The number of rotatable bonds is 4. The molecule has 0 fully saturated rings. The van der Waals surface area contributed by atoms with Gasteiger partial charge in [-0.2, -0.15) is 0 Å². The summed E-state index contributed by atoms with van der Waals surface area (Å²) in [5.74, 6) is 0. The van der Waals surface area contributed by atoms with E-state index in [4.69, 9.17) is 0 Å². The van der Waals surface area contributed by atoms with Gasteiger partial charge in [-0.3, -0.25) is 0 Å². The number of benzene rings is 1. The Labute approximate surface area is 86.0 Å². The fraction of sp³-hybridized carbons (Fsp3) is 0.500. The minimum absolute atomic E-state index is 0.204. The summed E-state index contributed by atoms with van der Waals surface area (Å²) in [6.07, 6.45) is -0.366. The quantitative estimate of drug-likeness (QED) is 0.760. The summed E-state index contributed by atoms with van der Waals surface area (Å²) >= 11 is 0. The van der Waals surface area contributed by atoms with Crippen LogP contribution in [0.2, 0.25) is 0 Å². The van der Waals surface area contributed by atoms with E-state index < -0.39 is 0 Å². The monoisotopic (exact) mass is 193 g/mol. The normalized spacial score (nSPS) is 14.0. The molecular formula is C12H19NO. The average molecular weight is 193 g/mol. The lowest BCUT2D eigenvalue weighted by Gasteiger charge is -2.31. The first-order valence-electron chi connectivity index (χ1n) is 4.97. The Hall–Kier alpha value is -0.860. The van der Waals surface area contributed by atoms with Crippen molar-refractivity contribution in [1.82, 2.24) is 5.32 Å². The molecule has 0 aliphatic heterocycles. The molecule has 0 aromatic heterocycles. The molecule has 0 bridgehead atoms. The maximum Gasteiger partial charge on any atom is 0.0755 e. The zero-order chi connectivity index (χ0) is 10.6. The second-order valence-corrected chi connectivity index (χ2v) is 4.16. The van der Waals surface area contributed by atoms with Crippen molar-refractivity contribution in [2.75, 3.05) is 13.6 Å². The van der Waals surface area contributed by atoms with Gasteiger partial charge in [-0.1, -0.05) is 44.2 Å². The Bertz CT molecular complexity index is 269. The van der Waals surface area contributed by atoms with Gasteiger partial charge in [0.25, 0.3) is 0 Å². The Kier molecular flexibility index (Phi) is 3.67. The smallest absolute Gasteiger partial charge is 0.0755 e. The third kappa shape index (κ3) is 2.34. The van der Waals surface area contributed by atoms with Gasteiger partial charge >= 0.3 is 0 Å². The second-order valence-electron chi connectivity index (χ2n) is 4.16. The molecule has 2 N–H and O–H groups in total. The molecule has 1 aromatic rings. The summed E-state index contributed by atoms with van der Waals surface area (Å²) in [5.41, 5.74) is 0.965. The van der Waals surface area contributed by atoms with Crippen molar-refractivity contribution in [2.24, 2.45) is 0 Å². The fourth-order valence-electron chi connectivity index (χ4n) is 1.51. The first-order valence-corrected chi connectivity index (χ1v) is 4.97. The molecule has 78 valence electrons. The zero-order valence-corrected chi connectivity index (χ0v) is 9.12. The van der Waals surface area contributed by atoms with Gasteiger partial charge < -0.3 is 10.4 Å². The lowest BCUT2D eigenvalue weighted by molar-refractivity contribution is 0.101. The van der Waals surface area contributed by atoms with Crippen LogP contribution < -0.4 is 5.32 Å². The van der Waals surface area contributed by atoms with Crippen LogP contribution in [0.25, 0.3) is 0 Å². The van der Waals surface area contributed by atoms with Crippen LogP contribution in [-0.2, 0) is 5.41 Å². The van der Waals surface area contributed by atoms with Crippen LogP contribution in [0.5, 0.6) is 0 Å². The summed E-state index contributed by atoms with van der Waals surface area (Å²) in [4.78, 5) is 0. The molecule has 0 aliphatic rings. The third-order valence-electron chi connectivity index (χ3n) is 2.75. The van der Waals surface area contributed by atoms with Gasteiger partial charge in [0.1, 0.15) is 0 Å². The highest BCUT2D eigenvalue weighted by molar-refractivity contribution is 5.25. The van der Waals surface area contributed by atoms with Gasteiger partial charge in [0.15, 0.2) is 0 Å². The highest BCUT2D eigenvalue weighted by Gasteiger charge is 2.28. The highest BCUT2D eigenvalue weighted by Crippen LogP contribution is 2.26. The molecule has 0 aliphatic carbocycles. The standard InChI is InChI=1S/C12H19NO/c1-12(2,11(14)9-13-3)10-7-5-4-6-8-10/h4-8,11,13-14H,9H2,1-3H3. The number of hydrogen-bond donors (Lipinski definition) is 2. The predicted molar refractivity (Wildman–Crippen MR) is 59.4 cm³/mol. The topological polar surface area (TPSA) is 32.3 Å². The second kappa shape index (κ2) is 4.58. The van der Waals surface area contributed by atoms with E-state index in [9.17, 15) is 5.11 Å². The SMILES string of the molecule is CNCC(O)C(C)(C)c1ccccc1. The first kappa shape index (κ1) is 11.2. The van der Waals surface area contributed by atoms with Crippen molar-refractivity contribution in [3.8, 4) is 0 Å². The molecule has 1 atom stereocenters. The van der Waals surface area contributed by atoms with Gasteiger partial charge in [-0.05, 0) is 12.6 Å². The summed E-state index contributed by atoms with van der Waals surface area (Å²) in [5, 5.41) is 13.0. The molecule has 0 saturated heterocycles. The van der Waals surface area contributed by atoms with Gasteiger partial charge in [-0.15, -0.1) is 0 Å². The molecule has 1 unspecified atom stereocenters. The number of aliphatic hydroxyl groups excluding tert-OH is 1. The van der Waals surface area contributed by atoms with E-state index in [0.717, 1.165) is 0 Å². The van der Waals surface area contributed by atoms with Gasteiger partial charge in [0.05, 0.1) is 6.10 Å². The maximum atomic E-state index is 9.97. The van der Waals surface area contributed by atoms with Gasteiger partial charge in [0.2, 0.25) is 0 Å². The van der Waals surface area contributed by atoms with Crippen LogP contribution in [0, 0.1) is 0 Å². The van der Waals surface area contributed by atoms with E-state index >= 15 is 0 Å². The molecule has 0 radical (unpaired) electrons. The van der Waals surface area contributed by atoms with Crippen molar-refractivity contribution < 1.29 is 5.11 Å². The molecule has 0 spiro atoms. The number of nitrogens with one attached hydrogen (secondary N) is 1. The van der Waals surface area contributed by atoms with Crippen LogP contribution in [-0.4, -0.2) is 24.8 Å². The van der Waals surface area contributed by atoms with Crippen LogP contribution in [0.15, 0.2) is 30.3 Å². The van der Waals surface area contributed by atoms with E-state index in [2.05, 4.69) is 31.3 Å². The number of likely N-dealkylation sites (N-methyl/N-ethyl adjacent to an activating group) is 1. The fourth-order valence-corrected chi connectivity index (χ4v) is 1.51. The summed E-state index contributed by atoms with van der Waals surface area (Å²) in [6, 6.07) is 10.1. The van der Waals surface area contributed by atoms with Gasteiger partial charge in [0, 0.05) is 12.0 Å². The van der Waals surface area contributed by atoms with Crippen LogP contribution in [0.1, 0.15) is 19.4 Å². The van der Waals surface area contributed by atoms with E-state index in [1.165, 1.54) is 5.56 Å². The van der Waals surface area contributed by atoms with Gasteiger partial charge in [-0.25, -0.2) is 0 Å². The Balaban J connectivity index is 2.84.